The van der Waals surface area contributed by atoms with Gasteiger partial charge in [-0.05, 0) is 45.7 Å². The Morgan fingerprint density at radius 1 is 1.39 bits per heavy atom. The van der Waals surface area contributed by atoms with Gasteiger partial charge in [0.25, 0.3) is 0 Å². The number of aliphatic hydroxyl groups is 1. The molecule has 5 heteroatoms. The van der Waals surface area contributed by atoms with Gasteiger partial charge in [-0.1, -0.05) is 23.8 Å². The third-order valence-electron chi connectivity index (χ3n) is 3.90. The SMILES string of the molecule is Cc1ccc(C(O)C2COCCN2C(=O)OC(C)(C)C)c(C)c1. The molecule has 128 valence electrons. The van der Waals surface area contributed by atoms with Crippen LogP contribution in [0.15, 0.2) is 18.2 Å². The summed E-state index contributed by atoms with van der Waals surface area (Å²) in [7, 11) is 0. The van der Waals surface area contributed by atoms with Gasteiger partial charge in [0.1, 0.15) is 11.7 Å². The molecule has 1 aromatic rings. The molecule has 23 heavy (non-hydrogen) atoms. The van der Waals surface area contributed by atoms with Gasteiger partial charge in [-0.3, -0.25) is 4.90 Å². The molecule has 1 aromatic carbocycles. The molecular weight excluding hydrogens is 294 g/mol. The third-order valence-corrected chi connectivity index (χ3v) is 3.90. The van der Waals surface area contributed by atoms with E-state index in [4.69, 9.17) is 9.47 Å². The highest BCUT2D eigenvalue weighted by Gasteiger charge is 2.36. The third kappa shape index (κ3) is 4.45. The highest BCUT2D eigenvalue weighted by Crippen LogP contribution is 2.27. The summed E-state index contributed by atoms with van der Waals surface area (Å²) in [5, 5.41) is 10.8. The van der Waals surface area contributed by atoms with Gasteiger partial charge >= 0.3 is 6.09 Å². The average Bonchev–Trinajstić information content (AvgIpc) is 2.45. The molecule has 1 aliphatic heterocycles. The van der Waals surface area contributed by atoms with Gasteiger partial charge in [-0.2, -0.15) is 0 Å². The zero-order valence-electron chi connectivity index (χ0n) is 14.6. The fourth-order valence-corrected chi connectivity index (χ4v) is 2.80. The van der Waals surface area contributed by atoms with Gasteiger partial charge in [0.05, 0.1) is 19.3 Å². The van der Waals surface area contributed by atoms with Gasteiger partial charge in [-0.25, -0.2) is 4.79 Å². The van der Waals surface area contributed by atoms with Crippen LogP contribution in [-0.4, -0.2) is 47.5 Å². The molecule has 5 nitrogen and oxygen atoms in total. The number of amides is 1. The fourth-order valence-electron chi connectivity index (χ4n) is 2.80. The molecule has 1 N–H and O–H groups in total. The Hall–Kier alpha value is -1.59. The van der Waals surface area contributed by atoms with Crippen molar-refractivity contribution in [1.82, 2.24) is 4.90 Å². The summed E-state index contributed by atoms with van der Waals surface area (Å²) in [4.78, 5) is 14.0. The van der Waals surface area contributed by atoms with Crippen molar-refractivity contribution in [2.75, 3.05) is 19.8 Å². The van der Waals surface area contributed by atoms with E-state index in [2.05, 4.69) is 0 Å². The lowest BCUT2D eigenvalue weighted by Gasteiger charge is -2.39. The predicted molar refractivity (Wildman–Crippen MR) is 88.4 cm³/mol. The highest BCUT2D eigenvalue weighted by molar-refractivity contribution is 5.69. The number of nitrogens with zero attached hydrogens (tertiary/aromatic N) is 1. The first-order chi connectivity index (χ1) is 10.7. The number of ether oxygens (including phenoxy) is 2. The van der Waals surface area contributed by atoms with Crippen molar-refractivity contribution < 1.29 is 19.4 Å². The molecule has 2 atom stereocenters. The number of hydrogen-bond donors (Lipinski definition) is 1. The van der Waals surface area contributed by atoms with Crippen LogP contribution >= 0.6 is 0 Å². The lowest BCUT2D eigenvalue weighted by atomic mass is 9.95. The second kappa shape index (κ2) is 6.89. The number of rotatable bonds is 2. The van der Waals surface area contributed by atoms with E-state index in [0.717, 1.165) is 16.7 Å². The lowest BCUT2D eigenvalue weighted by molar-refractivity contribution is -0.0674. The quantitative estimate of drug-likeness (QED) is 0.910. The van der Waals surface area contributed by atoms with Crippen LogP contribution in [0, 0.1) is 13.8 Å². The minimum Gasteiger partial charge on any atom is -0.444 e. The maximum atomic E-state index is 12.4. The Morgan fingerprint density at radius 3 is 2.70 bits per heavy atom. The minimum absolute atomic E-state index is 0.299. The molecule has 2 unspecified atom stereocenters. The van der Waals surface area contributed by atoms with Gasteiger partial charge in [0, 0.05) is 6.54 Å². The number of aryl methyl sites for hydroxylation is 2. The minimum atomic E-state index is -0.802. The molecule has 1 amide bonds. The van der Waals surface area contributed by atoms with Gasteiger partial charge in [0.2, 0.25) is 0 Å². The molecule has 0 spiro atoms. The molecule has 0 aromatic heterocycles. The Morgan fingerprint density at radius 2 is 2.09 bits per heavy atom. The Bertz CT molecular complexity index is 565. The summed E-state index contributed by atoms with van der Waals surface area (Å²) in [5.74, 6) is 0. The Labute approximate surface area is 138 Å². The molecule has 1 fully saturated rings. The van der Waals surface area contributed by atoms with Crippen LogP contribution in [0.4, 0.5) is 4.79 Å². The van der Waals surface area contributed by atoms with E-state index in [1.54, 1.807) is 4.90 Å². The van der Waals surface area contributed by atoms with E-state index in [1.165, 1.54) is 0 Å². The van der Waals surface area contributed by atoms with Crippen LogP contribution in [0.3, 0.4) is 0 Å². The largest absolute Gasteiger partial charge is 0.444 e. The summed E-state index contributed by atoms with van der Waals surface area (Å²) in [6.45, 7) is 10.7. The molecule has 0 bridgehead atoms. The normalized spacial score (nSPS) is 20.3. The van der Waals surface area contributed by atoms with Gasteiger partial charge in [0.15, 0.2) is 0 Å². The first-order valence-electron chi connectivity index (χ1n) is 8.01. The number of hydrogen-bond acceptors (Lipinski definition) is 4. The molecule has 0 saturated carbocycles. The van der Waals surface area contributed by atoms with Crippen LogP contribution in [0.2, 0.25) is 0 Å². The van der Waals surface area contributed by atoms with Crippen LogP contribution in [-0.2, 0) is 9.47 Å². The van der Waals surface area contributed by atoms with Gasteiger partial charge in [-0.15, -0.1) is 0 Å². The zero-order valence-corrected chi connectivity index (χ0v) is 14.6. The van der Waals surface area contributed by atoms with Crippen LogP contribution in [0.25, 0.3) is 0 Å². The molecule has 1 aliphatic rings. The van der Waals surface area contributed by atoms with Crippen LogP contribution < -0.4 is 0 Å². The molecule has 1 heterocycles. The Balaban J connectivity index is 2.21. The first-order valence-corrected chi connectivity index (χ1v) is 8.01. The smallest absolute Gasteiger partial charge is 0.410 e. The standard InChI is InChI=1S/C18H27NO4/c1-12-6-7-14(13(2)10-12)16(20)15-11-22-9-8-19(15)17(21)23-18(3,4)5/h6-7,10,15-16,20H,8-9,11H2,1-5H3. The van der Waals surface area contributed by atoms with E-state index in [9.17, 15) is 9.90 Å². The van der Waals surface area contributed by atoms with Crippen molar-refractivity contribution in [1.29, 1.82) is 0 Å². The lowest BCUT2D eigenvalue weighted by Crippen LogP contribution is -2.52. The number of morpholine rings is 1. The molecule has 1 saturated heterocycles. The fraction of sp³-hybridized carbons (Fsp3) is 0.611. The van der Waals surface area contributed by atoms with Gasteiger partial charge < -0.3 is 14.6 Å². The van der Waals surface area contributed by atoms with E-state index in [1.807, 2.05) is 52.8 Å². The maximum absolute atomic E-state index is 12.4. The van der Waals surface area contributed by atoms with Crippen LogP contribution in [0.1, 0.15) is 43.6 Å². The first kappa shape index (κ1) is 17.8. The van der Waals surface area contributed by atoms with E-state index >= 15 is 0 Å². The van der Waals surface area contributed by atoms with Crippen molar-refractivity contribution in [2.45, 2.75) is 52.4 Å². The zero-order chi connectivity index (χ0) is 17.2. The number of benzene rings is 1. The monoisotopic (exact) mass is 321 g/mol. The van der Waals surface area contributed by atoms with Crippen molar-refractivity contribution in [3.05, 3.63) is 34.9 Å². The summed E-state index contributed by atoms with van der Waals surface area (Å²) < 4.78 is 11.0. The topological polar surface area (TPSA) is 59.0 Å². The number of carbonyl (C=O) groups is 1. The predicted octanol–water partition coefficient (Wildman–Crippen LogP) is 2.97. The molecule has 0 aliphatic carbocycles. The second-order valence-corrected chi connectivity index (χ2v) is 7.12. The summed E-state index contributed by atoms with van der Waals surface area (Å²) in [5.41, 5.74) is 2.40. The molecule has 2 rings (SSSR count). The van der Waals surface area contributed by atoms with E-state index in [0.29, 0.717) is 19.8 Å². The van der Waals surface area contributed by atoms with Crippen LogP contribution in [0.5, 0.6) is 0 Å². The summed E-state index contributed by atoms with van der Waals surface area (Å²) >= 11 is 0. The van der Waals surface area contributed by atoms with E-state index in [-0.39, 0.29) is 0 Å². The maximum Gasteiger partial charge on any atom is 0.410 e. The van der Waals surface area contributed by atoms with E-state index < -0.39 is 23.8 Å². The Kier molecular flexibility index (Phi) is 5.32. The number of aliphatic hydroxyl groups excluding tert-OH is 1. The van der Waals surface area contributed by atoms with Crippen molar-refractivity contribution in [2.24, 2.45) is 0 Å². The highest BCUT2D eigenvalue weighted by atomic mass is 16.6. The summed E-state index contributed by atoms with van der Waals surface area (Å²) in [6.07, 6.45) is -1.21. The molecule has 0 radical (unpaired) electrons. The van der Waals surface area contributed by atoms with Crippen molar-refractivity contribution in [3.8, 4) is 0 Å². The van der Waals surface area contributed by atoms with Crippen molar-refractivity contribution in [3.63, 3.8) is 0 Å². The molecular formula is C18H27NO4. The van der Waals surface area contributed by atoms with Crippen molar-refractivity contribution >= 4 is 6.09 Å². The second-order valence-electron chi connectivity index (χ2n) is 7.12. The average molecular weight is 321 g/mol. The number of carbonyl (C=O) groups excluding carboxylic acids is 1. The summed E-state index contributed by atoms with van der Waals surface area (Å²) in [6, 6.07) is 5.46.